The van der Waals surface area contributed by atoms with Crippen molar-refractivity contribution >= 4 is 6.03 Å². The summed E-state index contributed by atoms with van der Waals surface area (Å²) in [6, 6.07) is 28.2. The van der Waals surface area contributed by atoms with Crippen LogP contribution < -0.4 is 5.32 Å². The summed E-state index contributed by atoms with van der Waals surface area (Å²) in [5, 5.41) is 3.23. The molecule has 1 saturated heterocycles. The zero-order valence-electron chi connectivity index (χ0n) is 16.6. The number of carbonyl (C=O) groups excluding carboxylic acids is 1. The van der Waals surface area contributed by atoms with Crippen LogP contribution in [0.25, 0.3) is 0 Å². The van der Waals surface area contributed by atoms with Gasteiger partial charge in [-0.05, 0) is 23.6 Å². The number of benzene rings is 3. The Morgan fingerprint density at radius 3 is 2.10 bits per heavy atom. The molecule has 1 unspecified atom stereocenters. The molecule has 1 atom stereocenters. The van der Waals surface area contributed by atoms with Crippen LogP contribution in [0.15, 0.2) is 84.9 Å². The maximum Gasteiger partial charge on any atom is 0.318 e. The molecule has 0 spiro atoms. The molecule has 4 heteroatoms. The van der Waals surface area contributed by atoms with Gasteiger partial charge in [0.2, 0.25) is 0 Å². The molecule has 1 heterocycles. The van der Waals surface area contributed by atoms with E-state index >= 15 is 0 Å². The maximum atomic E-state index is 13.1. The monoisotopic (exact) mass is 386 g/mol. The second-order valence-electron chi connectivity index (χ2n) is 7.42. The summed E-state index contributed by atoms with van der Waals surface area (Å²) >= 11 is 0. The van der Waals surface area contributed by atoms with Gasteiger partial charge in [-0.3, -0.25) is 0 Å². The number of carbonyl (C=O) groups is 1. The highest BCUT2D eigenvalue weighted by atomic mass is 16.5. The predicted molar refractivity (Wildman–Crippen MR) is 115 cm³/mol. The molecule has 2 amide bonds. The van der Waals surface area contributed by atoms with Gasteiger partial charge in [-0.1, -0.05) is 90.5 Å². The fourth-order valence-corrected chi connectivity index (χ4v) is 3.68. The Morgan fingerprint density at radius 1 is 0.931 bits per heavy atom. The van der Waals surface area contributed by atoms with Gasteiger partial charge in [0.1, 0.15) is 6.10 Å². The van der Waals surface area contributed by atoms with Crippen molar-refractivity contribution in [2.75, 3.05) is 19.7 Å². The first-order chi connectivity index (χ1) is 14.2. The smallest absolute Gasteiger partial charge is 0.318 e. The van der Waals surface area contributed by atoms with E-state index in [-0.39, 0.29) is 18.2 Å². The van der Waals surface area contributed by atoms with Crippen LogP contribution in [-0.4, -0.2) is 30.6 Å². The van der Waals surface area contributed by atoms with E-state index in [0.29, 0.717) is 19.7 Å². The van der Waals surface area contributed by atoms with Gasteiger partial charge in [-0.2, -0.15) is 0 Å². The molecule has 1 aliphatic heterocycles. The van der Waals surface area contributed by atoms with Gasteiger partial charge >= 0.3 is 6.03 Å². The van der Waals surface area contributed by atoms with E-state index in [0.717, 1.165) is 16.7 Å². The second-order valence-corrected chi connectivity index (χ2v) is 7.42. The third-order valence-electron chi connectivity index (χ3n) is 5.34. The van der Waals surface area contributed by atoms with Crippen LogP contribution in [0.3, 0.4) is 0 Å². The van der Waals surface area contributed by atoms with Crippen LogP contribution in [-0.2, 0) is 4.74 Å². The zero-order valence-corrected chi connectivity index (χ0v) is 16.6. The lowest BCUT2D eigenvalue weighted by atomic mass is 9.99. The molecule has 0 aliphatic carbocycles. The average Bonchev–Trinajstić information content (AvgIpc) is 2.79. The Labute approximate surface area is 172 Å². The highest BCUT2D eigenvalue weighted by Crippen LogP contribution is 2.25. The number of morpholine rings is 1. The minimum atomic E-state index is -0.189. The lowest BCUT2D eigenvalue weighted by molar-refractivity contribution is -0.0156. The second kappa shape index (κ2) is 8.93. The van der Waals surface area contributed by atoms with Crippen LogP contribution in [0, 0.1) is 6.92 Å². The van der Waals surface area contributed by atoms with Crippen molar-refractivity contribution in [2.45, 2.75) is 19.1 Å². The third-order valence-corrected chi connectivity index (χ3v) is 5.34. The van der Waals surface area contributed by atoms with Gasteiger partial charge in [0, 0.05) is 6.54 Å². The van der Waals surface area contributed by atoms with Gasteiger partial charge in [0.15, 0.2) is 0 Å². The van der Waals surface area contributed by atoms with Crippen molar-refractivity contribution in [3.05, 3.63) is 107 Å². The molecule has 4 rings (SSSR count). The largest absolute Gasteiger partial charge is 0.370 e. The minimum Gasteiger partial charge on any atom is -0.370 e. The Balaban J connectivity index is 1.50. The average molecular weight is 386 g/mol. The van der Waals surface area contributed by atoms with Crippen molar-refractivity contribution in [1.29, 1.82) is 0 Å². The number of aryl methyl sites for hydroxylation is 1. The topological polar surface area (TPSA) is 41.6 Å². The third kappa shape index (κ3) is 4.66. The van der Waals surface area contributed by atoms with Crippen molar-refractivity contribution in [1.82, 2.24) is 10.2 Å². The molecule has 0 bridgehead atoms. The van der Waals surface area contributed by atoms with E-state index in [9.17, 15) is 4.79 Å². The van der Waals surface area contributed by atoms with E-state index in [1.807, 2.05) is 65.6 Å². The van der Waals surface area contributed by atoms with Crippen molar-refractivity contribution in [2.24, 2.45) is 0 Å². The van der Waals surface area contributed by atoms with Crippen LogP contribution in [0.1, 0.15) is 34.4 Å². The number of urea groups is 1. The van der Waals surface area contributed by atoms with E-state index in [1.54, 1.807) is 0 Å². The van der Waals surface area contributed by atoms with Gasteiger partial charge in [-0.15, -0.1) is 0 Å². The fraction of sp³-hybridized carbons (Fsp3) is 0.240. The summed E-state index contributed by atoms with van der Waals surface area (Å²) in [6.45, 7) is 3.74. The molecule has 0 saturated carbocycles. The summed E-state index contributed by atoms with van der Waals surface area (Å²) < 4.78 is 5.94. The zero-order chi connectivity index (χ0) is 20.1. The van der Waals surface area contributed by atoms with E-state index in [1.165, 1.54) is 5.56 Å². The van der Waals surface area contributed by atoms with Crippen molar-refractivity contribution in [3.8, 4) is 0 Å². The number of hydrogen-bond donors (Lipinski definition) is 1. The van der Waals surface area contributed by atoms with Gasteiger partial charge in [0.05, 0.1) is 19.2 Å². The number of nitrogens with one attached hydrogen (secondary N) is 1. The standard InChI is InChI=1S/C25H26N2O2/c1-19-12-14-20(15-13-19)23-18-27(16-17-29-23)25(28)26-24(21-8-4-2-5-9-21)22-10-6-3-7-11-22/h2-15,23-24H,16-18H2,1H3,(H,26,28). The lowest BCUT2D eigenvalue weighted by Gasteiger charge is -2.34. The Kier molecular flexibility index (Phi) is 5.92. The quantitative estimate of drug-likeness (QED) is 0.695. The highest BCUT2D eigenvalue weighted by molar-refractivity contribution is 5.75. The van der Waals surface area contributed by atoms with E-state index < -0.39 is 0 Å². The molecule has 1 fully saturated rings. The summed E-state index contributed by atoms with van der Waals surface area (Å²) in [5.41, 5.74) is 4.45. The number of hydrogen-bond acceptors (Lipinski definition) is 2. The SMILES string of the molecule is Cc1ccc(C2CN(C(=O)NC(c3ccccc3)c3ccccc3)CCO2)cc1. The first-order valence-electron chi connectivity index (χ1n) is 10.0. The summed E-state index contributed by atoms with van der Waals surface area (Å²) in [7, 11) is 0. The lowest BCUT2D eigenvalue weighted by Crippen LogP contribution is -2.48. The Morgan fingerprint density at radius 2 is 1.52 bits per heavy atom. The summed E-state index contributed by atoms with van der Waals surface area (Å²) in [6.07, 6.45) is -0.0954. The van der Waals surface area contributed by atoms with Gasteiger partial charge < -0.3 is 15.0 Å². The summed E-state index contributed by atoms with van der Waals surface area (Å²) in [5.74, 6) is 0. The van der Waals surface area contributed by atoms with Crippen LogP contribution >= 0.6 is 0 Å². The van der Waals surface area contributed by atoms with Crippen molar-refractivity contribution in [3.63, 3.8) is 0 Å². The number of rotatable bonds is 4. The van der Waals surface area contributed by atoms with E-state index in [2.05, 4.69) is 36.5 Å². The molecule has 0 aromatic heterocycles. The number of ether oxygens (including phenoxy) is 1. The number of nitrogens with zero attached hydrogens (tertiary/aromatic N) is 1. The molecule has 0 radical (unpaired) electrons. The van der Waals surface area contributed by atoms with Gasteiger partial charge in [-0.25, -0.2) is 4.79 Å². The maximum absolute atomic E-state index is 13.1. The molecule has 1 N–H and O–H groups in total. The predicted octanol–water partition coefficient (Wildman–Crippen LogP) is 4.87. The molecular formula is C25H26N2O2. The molecule has 1 aliphatic rings. The Hall–Kier alpha value is -3.11. The molecule has 4 nitrogen and oxygen atoms in total. The Bertz CT molecular complexity index is 887. The van der Waals surface area contributed by atoms with Crippen LogP contribution in [0.4, 0.5) is 4.79 Å². The highest BCUT2D eigenvalue weighted by Gasteiger charge is 2.27. The number of amides is 2. The first kappa shape index (κ1) is 19.2. The van der Waals surface area contributed by atoms with E-state index in [4.69, 9.17) is 4.74 Å². The van der Waals surface area contributed by atoms with Crippen LogP contribution in [0.2, 0.25) is 0 Å². The first-order valence-corrected chi connectivity index (χ1v) is 10.0. The normalized spacial score (nSPS) is 16.6. The molecule has 148 valence electrons. The minimum absolute atomic E-state index is 0.0666. The molecular weight excluding hydrogens is 360 g/mol. The van der Waals surface area contributed by atoms with Gasteiger partial charge in [0.25, 0.3) is 0 Å². The van der Waals surface area contributed by atoms with Crippen LogP contribution in [0.5, 0.6) is 0 Å². The molecule has 3 aromatic rings. The molecule has 3 aromatic carbocycles. The van der Waals surface area contributed by atoms with Crippen molar-refractivity contribution < 1.29 is 9.53 Å². The fourth-order valence-electron chi connectivity index (χ4n) is 3.68. The molecule has 29 heavy (non-hydrogen) atoms. The summed E-state index contributed by atoms with van der Waals surface area (Å²) in [4.78, 5) is 15.0.